The van der Waals surface area contributed by atoms with E-state index in [1.807, 2.05) is 22.6 Å². The van der Waals surface area contributed by atoms with Crippen molar-refractivity contribution in [2.24, 2.45) is 5.73 Å². The van der Waals surface area contributed by atoms with Crippen molar-refractivity contribution in [1.29, 1.82) is 0 Å². The van der Waals surface area contributed by atoms with E-state index in [-0.39, 0.29) is 11.1 Å². The predicted molar refractivity (Wildman–Crippen MR) is 59.7 cm³/mol. The summed E-state index contributed by atoms with van der Waals surface area (Å²) in [5.41, 5.74) is 4.03. The summed E-state index contributed by atoms with van der Waals surface area (Å²) in [6.45, 7) is 0. The molecule has 0 aliphatic rings. The number of nitro benzene ring substituents is 1. The Morgan fingerprint density at radius 1 is 1.53 bits per heavy atom. The Kier molecular flexibility index (Phi) is 3.35. The number of nitrogens with two attached hydrogens (primary N) is 1. The SMILES string of the molecule is NC(=O)c1cc(I)cc(C=O)c1[N+](=O)[O-]. The molecule has 0 bridgehead atoms. The second-order valence-corrected chi connectivity index (χ2v) is 3.88. The van der Waals surface area contributed by atoms with Crippen molar-refractivity contribution < 1.29 is 14.5 Å². The van der Waals surface area contributed by atoms with Gasteiger partial charge in [0.05, 0.1) is 10.5 Å². The third kappa shape index (κ3) is 2.29. The Morgan fingerprint density at radius 2 is 2.13 bits per heavy atom. The van der Waals surface area contributed by atoms with Gasteiger partial charge < -0.3 is 5.73 Å². The summed E-state index contributed by atoms with van der Waals surface area (Å²) in [7, 11) is 0. The van der Waals surface area contributed by atoms with Crippen LogP contribution in [-0.4, -0.2) is 17.1 Å². The lowest BCUT2D eigenvalue weighted by atomic mass is 10.1. The van der Waals surface area contributed by atoms with Crippen LogP contribution in [0, 0.1) is 13.7 Å². The molecule has 0 saturated carbocycles. The van der Waals surface area contributed by atoms with Gasteiger partial charge in [0.15, 0.2) is 6.29 Å². The summed E-state index contributed by atoms with van der Waals surface area (Å²) in [4.78, 5) is 31.4. The van der Waals surface area contributed by atoms with E-state index in [2.05, 4.69) is 0 Å². The van der Waals surface area contributed by atoms with E-state index in [9.17, 15) is 19.7 Å². The van der Waals surface area contributed by atoms with Gasteiger partial charge in [-0.2, -0.15) is 0 Å². The van der Waals surface area contributed by atoms with Crippen LogP contribution in [0.3, 0.4) is 0 Å². The summed E-state index contributed by atoms with van der Waals surface area (Å²) in [5, 5.41) is 10.7. The van der Waals surface area contributed by atoms with Crippen molar-refractivity contribution in [3.8, 4) is 0 Å². The van der Waals surface area contributed by atoms with E-state index < -0.39 is 16.5 Å². The van der Waals surface area contributed by atoms with Crippen molar-refractivity contribution in [2.75, 3.05) is 0 Å². The monoisotopic (exact) mass is 320 g/mol. The molecule has 0 spiro atoms. The van der Waals surface area contributed by atoms with E-state index in [1.54, 1.807) is 0 Å². The third-order valence-corrected chi connectivity index (χ3v) is 2.30. The number of carbonyl (C=O) groups is 2. The molecule has 1 amide bonds. The number of nitro groups is 1. The molecule has 0 aromatic heterocycles. The molecule has 0 radical (unpaired) electrons. The number of amides is 1. The zero-order valence-electron chi connectivity index (χ0n) is 7.27. The molecule has 1 aromatic rings. The van der Waals surface area contributed by atoms with E-state index in [0.29, 0.717) is 9.86 Å². The first-order chi connectivity index (χ1) is 6.97. The fourth-order valence-electron chi connectivity index (χ4n) is 1.10. The second kappa shape index (κ2) is 4.34. The van der Waals surface area contributed by atoms with Crippen LogP contribution >= 0.6 is 22.6 Å². The molecule has 7 heteroatoms. The molecule has 6 nitrogen and oxygen atoms in total. The molecule has 1 rings (SSSR count). The minimum absolute atomic E-state index is 0.152. The van der Waals surface area contributed by atoms with E-state index in [0.717, 1.165) is 0 Å². The summed E-state index contributed by atoms with van der Waals surface area (Å²) in [6, 6.07) is 2.59. The number of primary amides is 1. The maximum Gasteiger partial charge on any atom is 0.292 e. The van der Waals surface area contributed by atoms with Crippen LogP contribution in [0.15, 0.2) is 12.1 Å². The Balaban J connectivity index is 3.61. The van der Waals surface area contributed by atoms with Gasteiger partial charge in [0.25, 0.3) is 11.6 Å². The van der Waals surface area contributed by atoms with E-state index in [4.69, 9.17) is 5.73 Å². The Labute approximate surface area is 97.7 Å². The maximum absolute atomic E-state index is 10.9. The smallest absolute Gasteiger partial charge is 0.292 e. The first-order valence-corrected chi connectivity index (χ1v) is 4.78. The largest absolute Gasteiger partial charge is 0.365 e. The predicted octanol–water partition coefficient (Wildman–Crippen LogP) is 1.11. The quantitative estimate of drug-likeness (QED) is 0.390. The Hall–Kier alpha value is -1.51. The van der Waals surface area contributed by atoms with Gasteiger partial charge in [0, 0.05) is 3.57 Å². The minimum atomic E-state index is -0.927. The summed E-state index contributed by atoms with van der Waals surface area (Å²) >= 11 is 1.84. The maximum atomic E-state index is 10.9. The molecule has 0 fully saturated rings. The number of hydrogen-bond donors (Lipinski definition) is 1. The lowest BCUT2D eigenvalue weighted by Crippen LogP contribution is -2.15. The van der Waals surface area contributed by atoms with Crippen LogP contribution in [0.5, 0.6) is 0 Å². The van der Waals surface area contributed by atoms with Crippen LogP contribution < -0.4 is 5.73 Å². The number of carbonyl (C=O) groups excluding carboxylic acids is 2. The van der Waals surface area contributed by atoms with Crippen molar-refractivity contribution in [2.45, 2.75) is 0 Å². The van der Waals surface area contributed by atoms with Gasteiger partial charge in [-0.3, -0.25) is 19.7 Å². The summed E-state index contributed by atoms with van der Waals surface area (Å²) < 4.78 is 0.536. The van der Waals surface area contributed by atoms with E-state index in [1.165, 1.54) is 12.1 Å². The van der Waals surface area contributed by atoms with Crippen molar-refractivity contribution >= 4 is 40.5 Å². The van der Waals surface area contributed by atoms with Gasteiger partial charge in [0.2, 0.25) is 0 Å². The Bertz CT molecular complexity index is 458. The number of hydrogen-bond acceptors (Lipinski definition) is 4. The molecule has 15 heavy (non-hydrogen) atoms. The summed E-state index contributed by atoms with van der Waals surface area (Å²) in [5.74, 6) is -0.927. The van der Waals surface area contributed by atoms with Gasteiger partial charge in [-0.15, -0.1) is 0 Å². The van der Waals surface area contributed by atoms with Gasteiger partial charge in [-0.25, -0.2) is 0 Å². The minimum Gasteiger partial charge on any atom is -0.365 e. The zero-order chi connectivity index (χ0) is 11.6. The van der Waals surface area contributed by atoms with Crippen molar-refractivity contribution in [3.05, 3.63) is 36.9 Å². The molecular weight excluding hydrogens is 315 g/mol. The number of aldehydes is 1. The first kappa shape index (κ1) is 11.6. The van der Waals surface area contributed by atoms with Crippen LogP contribution in [-0.2, 0) is 0 Å². The molecule has 0 aliphatic heterocycles. The van der Waals surface area contributed by atoms with Crippen molar-refractivity contribution in [3.63, 3.8) is 0 Å². The highest BCUT2D eigenvalue weighted by Gasteiger charge is 2.23. The number of halogens is 1. The molecule has 0 unspecified atom stereocenters. The third-order valence-electron chi connectivity index (χ3n) is 1.68. The van der Waals surface area contributed by atoms with E-state index >= 15 is 0 Å². The van der Waals surface area contributed by atoms with Gasteiger partial charge in [-0.05, 0) is 34.7 Å². The lowest BCUT2D eigenvalue weighted by Gasteiger charge is -2.02. The molecule has 0 heterocycles. The topological polar surface area (TPSA) is 103 Å². The van der Waals surface area contributed by atoms with Gasteiger partial charge in [-0.1, -0.05) is 0 Å². The highest BCUT2D eigenvalue weighted by molar-refractivity contribution is 14.1. The average molecular weight is 320 g/mol. The zero-order valence-corrected chi connectivity index (χ0v) is 9.43. The number of rotatable bonds is 3. The fraction of sp³-hybridized carbons (Fsp3) is 0. The highest BCUT2D eigenvalue weighted by Crippen LogP contribution is 2.25. The molecule has 0 saturated heterocycles. The second-order valence-electron chi connectivity index (χ2n) is 2.63. The van der Waals surface area contributed by atoms with Crippen molar-refractivity contribution in [1.82, 2.24) is 0 Å². The Morgan fingerprint density at radius 3 is 2.53 bits per heavy atom. The van der Waals surface area contributed by atoms with Crippen LogP contribution in [0.4, 0.5) is 5.69 Å². The molecule has 0 atom stereocenters. The molecule has 0 aliphatic carbocycles. The highest BCUT2D eigenvalue weighted by atomic mass is 127. The van der Waals surface area contributed by atoms with Gasteiger partial charge >= 0.3 is 0 Å². The average Bonchev–Trinajstić information content (AvgIpc) is 2.15. The number of benzene rings is 1. The first-order valence-electron chi connectivity index (χ1n) is 3.70. The van der Waals surface area contributed by atoms with Crippen LogP contribution in [0.25, 0.3) is 0 Å². The molecule has 2 N–H and O–H groups in total. The van der Waals surface area contributed by atoms with Gasteiger partial charge in [0.1, 0.15) is 5.56 Å². The standard InChI is InChI=1S/C8H5IN2O4/c9-5-1-4(3-12)7(11(14)15)6(2-5)8(10)13/h1-3H,(H2,10,13). The molecule has 1 aromatic carbocycles. The lowest BCUT2D eigenvalue weighted by molar-refractivity contribution is -0.385. The van der Waals surface area contributed by atoms with Crippen LogP contribution in [0.2, 0.25) is 0 Å². The molecular formula is C8H5IN2O4. The molecule has 78 valence electrons. The fourth-order valence-corrected chi connectivity index (χ4v) is 1.75. The normalized spacial score (nSPS) is 9.67. The van der Waals surface area contributed by atoms with Crippen LogP contribution in [0.1, 0.15) is 20.7 Å². The summed E-state index contributed by atoms with van der Waals surface area (Å²) in [6.07, 6.45) is 0.326. The number of nitrogens with zero attached hydrogens (tertiary/aromatic N) is 1.